The molecule has 3 aliphatic heterocycles. The van der Waals surface area contributed by atoms with E-state index in [9.17, 15) is 13.2 Å². The Morgan fingerprint density at radius 1 is 1.13 bits per heavy atom. The third kappa shape index (κ3) is 4.16. The van der Waals surface area contributed by atoms with Crippen molar-refractivity contribution in [2.45, 2.75) is 70.2 Å². The number of piperidine rings is 1. The highest BCUT2D eigenvalue weighted by molar-refractivity contribution is 7.89. The van der Waals surface area contributed by atoms with Gasteiger partial charge in [-0.2, -0.15) is 4.31 Å². The van der Waals surface area contributed by atoms with Crippen LogP contribution in [0, 0.1) is 5.41 Å². The van der Waals surface area contributed by atoms with E-state index >= 15 is 0 Å². The van der Waals surface area contributed by atoms with Gasteiger partial charge in [0, 0.05) is 36.7 Å². The van der Waals surface area contributed by atoms with Crippen LogP contribution in [0.5, 0.6) is 0 Å². The van der Waals surface area contributed by atoms with Gasteiger partial charge in [0.15, 0.2) is 0 Å². The molecule has 0 aromatic heterocycles. The summed E-state index contributed by atoms with van der Waals surface area (Å²) in [5, 5.41) is -0.261. The fraction of sp³-hybridized carbons (Fsp3) is 0.696. The number of carbonyl (C=O) groups excluding carboxylic acids is 1. The van der Waals surface area contributed by atoms with E-state index in [1.807, 2.05) is 43.0 Å². The zero-order chi connectivity index (χ0) is 21.4. The zero-order valence-corrected chi connectivity index (χ0v) is 19.0. The van der Waals surface area contributed by atoms with Crippen LogP contribution in [0.25, 0.3) is 0 Å². The Bertz CT molecular complexity index is 854. The van der Waals surface area contributed by atoms with Crippen LogP contribution in [0.15, 0.2) is 24.3 Å². The lowest BCUT2D eigenvalue weighted by Crippen LogP contribution is -2.52. The number of rotatable bonds is 5. The molecule has 1 spiro atoms. The van der Waals surface area contributed by atoms with Gasteiger partial charge in [0.05, 0.1) is 18.5 Å². The van der Waals surface area contributed by atoms with Gasteiger partial charge < -0.3 is 9.64 Å². The molecule has 2 unspecified atom stereocenters. The van der Waals surface area contributed by atoms with Crippen molar-refractivity contribution in [1.82, 2.24) is 9.21 Å². The molecule has 3 aliphatic rings. The minimum absolute atomic E-state index is 0.0144. The summed E-state index contributed by atoms with van der Waals surface area (Å²) >= 11 is 0. The topological polar surface area (TPSA) is 66.9 Å². The Balaban J connectivity index is 1.40. The normalized spacial score (nSPS) is 28.3. The minimum Gasteiger partial charge on any atom is -0.380 e. The average Bonchev–Trinajstić information content (AvgIpc) is 2.72. The maximum absolute atomic E-state index is 13.0. The molecular formula is C23H34N2O4S. The second-order valence-corrected chi connectivity index (χ2v) is 11.6. The molecule has 0 N–H and O–H groups in total. The number of benzene rings is 1. The van der Waals surface area contributed by atoms with Crippen LogP contribution in [0.4, 0.5) is 0 Å². The Hall–Kier alpha value is -1.44. The highest BCUT2D eigenvalue weighted by atomic mass is 32.2. The van der Waals surface area contributed by atoms with Crippen molar-refractivity contribution in [1.29, 1.82) is 0 Å². The maximum Gasteiger partial charge on any atom is 0.253 e. The van der Waals surface area contributed by atoms with E-state index in [1.165, 1.54) is 0 Å². The molecule has 0 saturated carbocycles. The molecule has 1 amide bonds. The first-order valence-electron chi connectivity index (χ1n) is 11.3. The number of sulfonamides is 1. The molecule has 7 heteroatoms. The largest absolute Gasteiger partial charge is 0.380 e. The van der Waals surface area contributed by atoms with Gasteiger partial charge in [0.1, 0.15) is 0 Å². The summed E-state index contributed by atoms with van der Waals surface area (Å²) < 4.78 is 33.1. The SMILES string of the molecule is CCCC1CCC(C)N(Cc2ccc(C(=O)N3CCC4(CC3)COC4)cc2)S1(=O)=O. The second-order valence-electron chi connectivity index (χ2n) is 9.41. The van der Waals surface area contributed by atoms with Crippen molar-refractivity contribution in [3.63, 3.8) is 0 Å². The van der Waals surface area contributed by atoms with Crippen LogP contribution in [0.1, 0.15) is 68.3 Å². The standard InChI is InChI=1S/C23H34N2O4S/c1-3-4-21-10-5-18(2)25(30(21,27)28)15-19-6-8-20(9-7-19)22(26)24-13-11-23(12-14-24)16-29-17-23/h6-9,18,21H,3-5,10-17H2,1-2H3. The number of hydrogen-bond donors (Lipinski definition) is 0. The molecule has 2 atom stereocenters. The highest BCUT2D eigenvalue weighted by Gasteiger charge is 2.42. The molecule has 3 fully saturated rings. The fourth-order valence-corrected chi connectivity index (χ4v) is 7.29. The summed E-state index contributed by atoms with van der Waals surface area (Å²) in [5.74, 6) is 0.0682. The van der Waals surface area contributed by atoms with E-state index in [0.29, 0.717) is 17.5 Å². The number of carbonyl (C=O) groups is 1. The van der Waals surface area contributed by atoms with Gasteiger partial charge >= 0.3 is 0 Å². The van der Waals surface area contributed by atoms with Gasteiger partial charge in [-0.3, -0.25) is 4.79 Å². The lowest BCUT2D eigenvalue weighted by Gasteiger charge is -2.47. The molecule has 166 valence electrons. The minimum atomic E-state index is -3.28. The van der Waals surface area contributed by atoms with Crippen LogP contribution in [0.2, 0.25) is 0 Å². The van der Waals surface area contributed by atoms with Crippen molar-refractivity contribution in [3.05, 3.63) is 35.4 Å². The lowest BCUT2D eigenvalue weighted by atomic mass is 9.77. The molecule has 0 bridgehead atoms. The van der Waals surface area contributed by atoms with Crippen molar-refractivity contribution < 1.29 is 17.9 Å². The summed E-state index contributed by atoms with van der Waals surface area (Å²) in [4.78, 5) is 14.8. The Morgan fingerprint density at radius 3 is 2.37 bits per heavy atom. The first kappa shape index (κ1) is 21.8. The molecule has 6 nitrogen and oxygen atoms in total. The predicted molar refractivity (Wildman–Crippen MR) is 117 cm³/mol. The van der Waals surface area contributed by atoms with E-state index in [4.69, 9.17) is 4.74 Å². The quantitative estimate of drug-likeness (QED) is 0.712. The molecule has 3 heterocycles. The van der Waals surface area contributed by atoms with Gasteiger partial charge in [0.25, 0.3) is 5.91 Å². The van der Waals surface area contributed by atoms with Crippen molar-refractivity contribution in [2.75, 3.05) is 26.3 Å². The second kappa shape index (κ2) is 8.60. The summed E-state index contributed by atoms with van der Waals surface area (Å²) in [6.07, 6.45) is 5.29. The van der Waals surface area contributed by atoms with E-state index in [1.54, 1.807) is 4.31 Å². The maximum atomic E-state index is 13.0. The van der Waals surface area contributed by atoms with Crippen molar-refractivity contribution in [2.24, 2.45) is 5.41 Å². The number of ether oxygens (including phenoxy) is 1. The fourth-order valence-electron chi connectivity index (χ4n) is 5.00. The van der Waals surface area contributed by atoms with Gasteiger partial charge in [-0.1, -0.05) is 25.5 Å². The number of amides is 1. The number of hydrogen-bond acceptors (Lipinski definition) is 4. The van der Waals surface area contributed by atoms with Crippen molar-refractivity contribution in [3.8, 4) is 0 Å². The Labute approximate surface area is 180 Å². The summed E-state index contributed by atoms with van der Waals surface area (Å²) in [6, 6.07) is 7.52. The first-order valence-corrected chi connectivity index (χ1v) is 12.8. The molecule has 4 rings (SSSR count). The molecule has 0 aliphatic carbocycles. The highest BCUT2D eigenvalue weighted by Crippen LogP contribution is 2.38. The van der Waals surface area contributed by atoms with Crippen LogP contribution in [-0.2, 0) is 21.3 Å². The summed E-state index contributed by atoms with van der Waals surface area (Å²) in [5.41, 5.74) is 1.92. The molecular weight excluding hydrogens is 400 g/mol. The number of likely N-dealkylation sites (tertiary alicyclic amines) is 1. The molecule has 1 aromatic carbocycles. The lowest BCUT2D eigenvalue weighted by molar-refractivity contribution is -0.136. The number of nitrogens with zero attached hydrogens (tertiary/aromatic N) is 2. The zero-order valence-electron chi connectivity index (χ0n) is 18.2. The van der Waals surface area contributed by atoms with Gasteiger partial charge in [-0.05, 0) is 56.7 Å². The van der Waals surface area contributed by atoms with Crippen LogP contribution >= 0.6 is 0 Å². The van der Waals surface area contributed by atoms with Crippen LogP contribution in [0.3, 0.4) is 0 Å². The van der Waals surface area contributed by atoms with E-state index in [-0.39, 0.29) is 17.2 Å². The van der Waals surface area contributed by atoms with Crippen LogP contribution < -0.4 is 0 Å². The predicted octanol–water partition coefficient (Wildman–Crippen LogP) is 3.42. The van der Waals surface area contributed by atoms with E-state index < -0.39 is 10.0 Å². The van der Waals surface area contributed by atoms with Crippen LogP contribution in [-0.4, -0.2) is 61.1 Å². The summed E-state index contributed by atoms with van der Waals surface area (Å²) in [6.45, 7) is 7.65. The van der Waals surface area contributed by atoms with E-state index in [2.05, 4.69) is 0 Å². The van der Waals surface area contributed by atoms with Crippen molar-refractivity contribution >= 4 is 15.9 Å². The molecule has 0 radical (unpaired) electrons. The smallest absolute Gasteiger partial charge is 0.253 e. The Kier molecular flexibility index (Phi) is 6.24. The summed E-state index contributed by atoms with van der Waals surface area (Å²) in [7, 11) is -3.28. The third-order valence-corrected chi connectivity index (χ3v) is 9.68. The third-order valence-electron chi connectivity index (χ3n) is 7.22. The molecule has 3 saturated heterocycles. The van der Waals surface area contributed by atoms with E-state index in [0.717, 1.165) is 70.4 Å². The van der Waals surface area contributed by atoms with Gasteiger partial charge in [-0.15, -0.1) is 0 Å². The molecule has 1 aromatic rings. The first-order chi connectivity index (χ1) is 14.3. The molecule has 30 heavy (non-hydrogen) atoms. The monoisotopic (exact) mass is 434 g/mol. The van der Waals surface area contributed by atoms with Gasteiger partial charge in [0.2, 0.25) is 10.0 Å². The van der Waals surface area contributed by atoms with Gasteiger partial charge in [-0.25, -0.2) is 8.42 Å². The Morgan fingerprint density at radius 2 is 1.80 bits per heavy atom. The average molecular weight is 435 g/mol.